The van der Waals surface area contributed by atoms with Crippen molar-refractivity contribution in [2.75, 3.05) is 75.6 Å². The number of carbonyl (C=O) groups is 11. The van der Waals surface area contributed by atoms with Crippen molar-refractivity contribution >= 4 is 65.0 Å². The smallest absolute Gasteiger partial charge is 0.276 e. The van der Waals surface area contributed by atoms with Crippen molar-refractivity contribution in [3.8, 4) is 0 Å². The summed E-state index contributed by atoms with van der Waals surface area (Å²) in [6.45, 7) is 32.1. The molecule has 25 heteroatoms. The van der Waals surface area contributed by atoms with Gasteiger partial charge in [0.2, 0.25) is 64.8 Å². The number of aliphatic hydroxyl groups excluding tert-OH is 1. The molecular weight excluding hydrogens is 1200 g/mol. The molecule has 11 amide bonds. The van der Waals surface area contributed by atoms with Gasteiger partial charge in [-0.2, -0.15) is 0 Å². The van der Waals surface area contributed by atoms with Crippen LogP contribution in [0, 0.1) is 41.4 Å². The molecule has 1 aliphatic heterocycles. The summed E-state index contributed by atoms with van der Waals surface area (Å²) in [5.74, 6) is -10.7. The molecule has 1 fully saturated rings. The molecule has 1 aliphatic rings. The summed E-state index contributed by atoms with van der Waals surface area (Å²) in [7, 11) is 9.85. The van der Waals surface area contributed by atoms with Crippen molar-refractivity contribution in [1.82, 2.24) is 60.9 Å². The molecule has 12 atom stereocenters. The number of unbranched alkanes of at least 4 members (excludes halogenated alkanes) is 2. The molecule has 0 aromatic rings. The fraction of sp³-hybridized carbons (Fsp3) is 0.812. The van der Waals surface area contributed by atoms with Gasteiger partial charge in [0.05, 0.1) is 19.3 Å². The first-order valence-electron chi connectivity index (χ1n) is 34.4. The molecule has 6 N–H and O–H groups in total. The van der Waals surface area contributed by atoms with Crippen molar-refractivity contribution in [3.05, 3.63) is 12.2 Å². The quantitative estimate of drug-likeness (QED) is 0.0611. The number of hydrogen-bond donors (Lipinski definition) is 6. The van der Waals surface area contributed by atoms with Crippen molar-refractivity contribution in [2.24, 2.45) is 41.4 Å². The number of carbonyl (C=O) groups excluding carboxylic acids is 11. The minimum absolute atomic E-state index is 0.00919. The van der Waals surface area contributed by atoms with Gasteiger partial charge in [-0.1, -0.05) is 129 Å². The van der Waals surface area contributed by atoms with Crippen molar-refractivity contribution in [3.63, 3.8) is 0 Å². The van der Waals surface area contributed by atoms with Gasteiger partial charge < -0.3 is 70.7 Å². The number of amides is 11. The topological polar surface area (TPSA) is 300 Å². The Morgan fingerprint density at radius 2 is 1.03 bits per heavy atom. The summed E-state index contributed by atoms with van der Waals surface area (Å²) in [5.41, 5.74) is -2.24. The highest BCUT2D eigenvalue weighted by Crippen LogP contribution is 2.33. The standard InChI is InChI=1S/C69H126N12O13/c1-26-29-31-33-70-34-35-94-69(46(14)15)68(93)80(24)57(58(83)47(16)32-30-27-2)62(87)73-50(28-3)64(89)75(19)40-55(82)76(20)51(36-41(4)5)61(86)74-56(45(12)13)67(92)77(21)52(37-42(6)7)60(85)71-48(17)59(84)72-49(18)63(88)78(22)53(38-43(8)9)65(90)79(23)54(39-44(10)11)66(91)81(69)25/h27,30,41-54,56-58,70,83H,26,28-29,31-40H2,1-25H3,(H,71,85)(H,72,84)(H,73,87)(H,74,86)/b30-27+/t47-,48+,49-,50+,51+,52+,53+,54+,56+,57+,58-,69+/m1/s1. The molecular formula is C69H126N12O13. The lowest BCUT2D eigenvalue weighted by Crippen LogP contribution is -2.70. The third-order valence-electron chi connectivity index (χ3n) is 17.9. The highest BCUT2D eigenvalue weighted by molar-refractivity contribution is 6.00. The van der Waals surface area contributed by atoms with Crippen molar-refractivity contribution in [2.45, 2.75) is 249 Å². The van der Waals surface area contributed by atoms with E-state index in [4.69, 9.17) is 4.74 Å². The van der Waals surface area contributed by atoms with Crippen LogP contribution in [0.25, 0.3) is 0 Å². The van der Waals surface area contributed by atoms with E-state index in [1.54, 1.807) is 60.6 Å². The molecule has 0 radical (unpaired) electrons. The van der Waals surface area contributed by atoms with Crippen LogP contribution in [-0.2, 0) is 57.5 Å². The predicted molar refractivity (Wildman–Crippen MR) is 366 cm³/mol. The number of rotatable bonds is 23. The number of nitrogens with zero attached hydrogens (tertiary/aromatic N) is 7. The van der Waals surface area contributed by atoms with E-state index in [1.165, 1.54) is 87.7 Å². The zero-order valence-electron chi connectivity index (χ0n) is 62.1. The van der Waals surface area contributed by atoms with Crippen molar-refractivity contribution < 1.29 is 62.6 Å². The molecule has 540 valence electrons. The second kappa shape index (κ2) is 40.4. The second-order valence-corrected chi connectivity index (χ2v) is 28.5. The van der Waals surface area contributed by atoms with E-state index in [0.717, 1.165) is 29.1 Å². The maximum Gasteiger partial charge on any atom is 0.276 e. The summed E-state index contributed by atoms with van der Waals surface area (Å²) in [6, 6.07) is -11.5. The minimum Gasteiger partial charge on any atom is -0.390 e. The highest BCUT2D eigenvalue weighted by atomic mass is 16.5. The highest BCUT2D eigenvalue weighted by Gasteiger charge is 2.55. The Morgan fingerprint density at radius 1 is 0.553 bits per heavy atom. The van der Waals surface area contributed by atoms with Crippen LogP contribution in [0.5, 0.6) is 0 Å². The minimum atomic E-state index is -2.24. The lowest BCUT2D eigenvalue weighted by atomic mass is 9.89. The Labute approximate surface area is 564 Å². The third-order valence-corrected chi connectivity index (χ3v) is 17.9. The maximum atomic E-state index is 16.1. The molecule has 0 bridgehead atoms. The van der Waals surface area contributed by atoms with Gasteiger partial charge in [0.1, 0.15) is 54.4 Å². The van der Waals surface area contributed by atoms with E-state index < -0.39 is 155 Å². The van der Waals surface area contributed by atoms with Gasteiger partial charge in [0, 0.05) is 61.8 Å². The monoisotopic (exact) mass is 1330 g/mol. The molecule has 0 aromatic carbocycles. The van der Waals surface area contributed by atoms with Gasteiger partial charge in [-0.15, -0.1) is 0 Å². The van der Waals surface area contributed by atoms with E-state index in [1.807, 2.05) is 55.4 Å². The van der Waals surface area contributed by atoms with Crippen LogP contribution in [0.1, 0.15) is 182 Å². The molecule has 25 nitrogen and oxygen atoms in total. The molecule has 1 heterocycles. The van der Waals surface area contributed by atoms with E-state index in [0.29, 0.717) is 6.54 Å². The molecule has 1 saturated heterocycles. The number of hydrogen-bond acceptors (Lipinski definition) is 14. The zero-order chi connectivity index (χ0) is 72.6. The molecule has 0 spiro atoms. The number of nitrogens with one attached hydrogen (secondary N) is 5. The van der Waals surface area contributed by atoms with Gasteiger partial charge in [0.25, 0.3) is 5.91 Å². The Hall–Kier alpha value is -6.21. The number of aliphatic hydroxyl groups is 1. The van der Waals surface area contributed by atoms with Crippen LogP contribution in [0.2, 0.25) is 0 Å². The lowest BCUT2D eigenvalue weighted by Gasteiger charge is -2.48. The van der Waals surface area contributed by atoms with Gasteiger partial charge in [0.15, 0.2) is 0 Å². The Kier molecular flexibility index (Phi) is 36.8. The first-order chi connectivity index (χ1) is 43.6. The number of allylic oxidation sites excluding steroid dienone is 2. The SMILES string of the molecule is C/C=C/C[C@@H](C)[C@@H](O)[C@H]1C(=O)N[C@@H](CC)C(=O)N(C)CC(=O)N(C)[C@@H](CC(C)C)C(=O)N[C@@H](C(C)C)C(=O)N(C)[C@@H](CC(C)C)C(=O)N[C@@H](C)C(=O)N[C@H](C)C(=O)N(C)[C@@H](CC(C)C)C(=O)N(C)[C@@H](CC(C)C)C(=O)N(C)[C@](OCCNCCCCC)(C(C)C)C(=O)N1C. The summed E-state index contributed by atoms with van der Waals surface area (Å²) in [4.78, 5) is 172. The molecule has 0 saturated carbocycles. The van der Waals surface area contributed by atoms with Crippen molar-refractivity contribution in [1.29, 1.82) is 0 Å². The van der Waals surface area contributed by atoms with E-state index in [-0.39, 0.29) is 75.3 Å². The molecule has 1 rings (SSSR count). The summed E-state index contributed by atoms with van der Waals surface area (Å²) in [5, 5.41) is 26.8. The Bertz CT molecular complexity index is 2530. The normalized spacial score (nSPS) is 26.3. The van der Waals surface area contributed by atoms with Crippen LogP contribution in [0.3, 0.4) is 0 Å². The molecule has 0 unspecified atom stereocenters. The molecule has 0 aliphatic carbocycles. The Morgan fingerprint density at radius 3 is 1.52 bits per heavy atom. The number of likely N-dealkylation sites (N-methyl/N-ethyl adjacent to an activating group) is 7. The zero-order valence-corrected chi connectivity index (χ0v) is 62.1. The fourth-order valence-electron chi connectivity index (χ4n) is 11.8. The van der Waals surface area contributed by atoms with Crippen LogP contribution in [-0.4, -0.2) is 246 Å². The predicted octanol–water partition coefficient (Wildman–Crippen LogP) is 4.39. The first kappa shape index (κ1) is 85.8. The fourth-order valence-corrected chi connectivity index (χ4v) is 11.8. The average molecular weight is 1330 g/mol. The van der Waals surface area contributed by atoms with Crippen LogP contribution < -0.4 is 26.6 Å². The van der Waals surface area contributed by atoms with Gasteiger partial charge in [-0.05, 0) is 108 Å². The number of ether oxygens (including phenoxy) is 1. The average Bonchev–Trinajstić information content (AvgIpc) is 0.768. The van der Waals surface area contributed by atoms with Crippen LogP contribution >= 0.6 is 0 Å². The molecule has 0 aromatic heterocycles. The van der Waals surface area contributed by atoms with Gasteiger partial charge >= 0.3 is 0 Å². The van der Waals surface area contributed by atoms with Crippen LogP contribution in [0.4, 0.5) is 0 Å². The third kappa shape index (κ3) is 24.2. The van der Waals surface area contributed by atoms with Gasteiger partial charge in [-0.3, -0.25) is 52.7 Å². The molecule has 94 heavy (non-hydrogen) atoms. The maximum absolute atomic E-state index is 16.1. The van der Waals surface area contributed by atoms with E-state index in [9.17, 15) is 38.7 Å². The van der Waals surface area contributed by atoms with Crippen LogP contribution in [0.15, 0.2) is 12.2 Å². The summed E-state index contributed by atoms with van der Waals surface area (Å²) < 4.78 is 6.78. The first-order valence-corrected chi connectivity index (χ1v) is 34.4. The lowest BCUT2D eigenvalue weighted by molar-refractivity contribution is -0.208. The largest absolute Gasteiger partial charge is 0.390 e. The Balaban J connectivity index is 4.57. The van der Waals surface area contributed by atoms with Gasteiger partial charge in [-0.25, -0.2) is 0 Å². The van der Waals surface area contributed by atoms with E-state index >= 15 is 19.2 Å². The van der Waals surface area contributed by atoms with E-state index in [2.05, 4.69) is 33.5 Å². The summed E-state index contributed by atoms with van der Waals surface area (Å²) in [6.07, 6.45) is 5.59. The summed E-state index contributed by atoms with van der Waals surface area (Å²) >= 11 is 0. The second-order valence-electron chi connectivity index (χ2n) is 28.5.